The van der Waals surface area contributed by atoms with Gasteiger partial charge in [-0.3, -0.25) is 4.90 Å². The van der Waals surface area contributed by atoms with Gasteiger partial charge in [0.25, 0.3) is 0 Å². The molecule has 2 heterocycles. The molecule has 16 heavy (non-hydrogen) atoms. The second-order valence-electron chi connectivity index (χ2n) is 4.35. The Labute approximate surface area is 94.4 Å². The second-order valence-corrected chi connectivity index (χ2v) is 4.35. The molecule has 0 aromatic rings. The number of morpholine rings is 1. The van der Waals surface area contributed by atoms with E-state index in [-0.39, 0.29) is 0 Å². The highest BCUT2D eigenvalue weighted by Gasteiger charge is 2.44. The monoisotopic (exact) mass is 233 g/mol. The Bertz CT molecular complexity index is 231. The molecule has 0 aliphatic carbocycles. The standard InChI is InChI=1S/C10H19NO5/c1-6-7(12)8(13)9(14)10(16-6)11-2-4-15-5-3-11/h6-10,12-14H,2-5H2,1H3/t6?,7-,8-,9+,10+/m1/s1. The molecule has 2 rings (SSSR count). The molecular formula is C10H19NO5. The number of rotatable bonds is 1. The lowest BCUT2D eigenvalue weighted by Crippen LogP contribution is -2.63. The normalized spacial score (nSPS) is 46.9. The van der Waals surface area contributed by atoms with Gasteiger partial charge in [-0.2, -0.15) is 0 Å². The lowest BCUT2D eigenvalue weighted by Gasteiger charge is -2.45. The zero-order valence-electron chi connectivity index (χ0n) is 9.32. The maximum atomic E-state index is 9.86. The maximum absolute atomic E-state index is 9.86. The third-order valence-electron chi connectivity index (χ3n) is 3.23. The third-order valence-corrected chi connectivity index (χ3v) is 3.23. The first kappa shape index (κ1) is 12.2. The minimum Gasteiger partial charge on any atom is -0.388 e. The predicted octanol–water partition coefficient (Wildman–Crippen LogP) is -1.85. The van der Waals surface area contributed by atoms with Gasteiger partial charge in [0.2, 0.25) is 0 Å². The highest BCUT2D eigenvalue weighted by atomic mass is 16.6. The lowest BCUT2D eigenvalue weighted by molar-refractivity contribution is -0.261. The van der Waals surface area contributed by atoms with E-state index in [0.29, 0.717) is 26.3 Å². The van der Waals surface area contributed by atoms with E-state index in [2.05, 4.69) is 0 Å². The molecule has 2 aliphatic rings. The topological polar surface area (TPSA) is 82.4 Å². The first-order valence-corrected chi connectivity index (χ1v) is 5.62. The minimum atomic E-state index is -1.16. The molecule has 0 spiro atoms. The van der Waals surface area contributed by atoms with Gasteiger partial charge in [-0.25, -0.2) is 0 Å². The van der Waals surface area contributed by atoms with Crippen LogP contribution in [0.3, 0.4) is 0 Å². The Kier molecular flexibility index (Phi) is 3.78. The number of hydrogen-bond acceptors (Lipinski definition) is 6. The fourth-order valence-electron chi connectivity index (χ4n) is 2.16. The quantitative estimate of drug-likeness (QED) is 0.493. The summed E-state index contributed by atoms with van der Waals surface area (Å²) in [6.45, 7) is 4.21. The summed E-state index contributed by atoms with van der Waals surface area (Å²) < 4.78 is 10.7. The molecule has 5 atom stereocenters. The van der Waals surface area contributed by atoms with E-state index in [4.69, 9.17) is 9.47 Å². The van der Waals surface area contributed by atoms with E-state index < -0.39 is 30.6 Å². The Morgan fingerprint density at radius 3 is 2.25 bits per heavy atom. The minimum absolute atomic E-state index is 0.480. The number of ether oxygens (including phenoxy) is 2. The van der Waals surface area contributed by atoms with Crippen LogP contribution in [0.1, 0.15) is 6.92 Å². The number of aliphatic hydroxyl groups is 3. The SMILES string of the molecule is CC1O[C@H](N2CCOCC2)[C@@H](O)[C@H](O)[C@@H]1O. The van der Waals surface area contributed by atoms with Crippen LogP contribution in [0.5, 0.6) is 0 Å². The van der Waals surface area contributed by atoms with E-state index in [9.17, 15) is 15.3 Å². The van der Waals surface area contributed by atoms with Crippen molar-refractivity contribution < 1.29 is 24.8 Å². The fourth-order valence-corrected chi connectivity index (χ4v) is 2.16. The molecule has 6 nitrogen and oxygen atoms in total. The van der Waals surface area contributed by atoms with Crippen LogP contribution < -0.4 is 0 Å². The van der Waals surface area contributed by atoms with Crippen LogP contribution in [-0.4, -0.2) is 77.2 Å². The molecule has 1 unspecified atom stereocenters. The molecule has 0 radical (unpaired) electrons. The van der Waals surface area contributed by atoms with Crippen LogP contribution in [-0.2, 0) is 9.47 Å². The molecular weight excluding hydrogens is 214 g/mol. The van der Waals surface area contributed by atoms with Crippen LogP contribution >= 0.6 is 0 Å². The molecule has 0 amide bonds. The molecule has 2 fully saturated rings. The summed E-state index contributed by atoms with van der Waals surface area (Å²) >= 11 is 0. The van der Waals surface area contributed by atoms with Crippen molar-refractivity contribution in [2.75, 3.05) is 26.3 Å². The van der Waals surface area contributed by atoms with Crippen molar-refractivity contribution in [3.63, 3.8) is 0 Å². The molecule has 2 saturated heterocycles. The van der Waals surface area contributed by atoms with Gasteiger partial charge in [-0.15, -0.1) is 0 Å². The summed E-state index contributed by atoms with van der Waals surface area (Å²) in [5.74, 6) is 0. The molecule has 0 aromatic carbocycles. The molecule has 2 aliphatic heterocycles. The van der Waals surface area contributed by atoms with Gasteiger partial charge >= 0.3 is 0 Å². The summed E-state index contributed by atoms with van der Waals surface area (Å²) in [5, 5.41) is 29.1. The molecule has 0 bridgehead atoms. The summed E-state index contributed by atoms with van der Waals surface area (Å²) in [4.78, 5) is 1.93. The molecule has 0 aromatic heterocycles. The van der Waals surface area contributed by atoms with E-state index in [1.807, 2.05) is 4.90 Å². The van der Waals surface area contributed by atoms with Crippen molar-refractivity contribution in [3.05, 3.63) is 0 Å². The Hall–Kier alpha value is -0.240. The van der Waals surface area contributed by atoms with E-state index >= 15 is 0 Å². The van der Waals surface area contributed by atoms with E-state index in [1.54, 1.807) is 6.92 Å². The zero-order valence-corrected chi connectivity index (χ0v) is 9.32. The van der Waals surface area contributed by atoms with Gasteiger partial charge in [0.15, 0.2) is 0 Å². The third kappa shape index (κ3) is 2.22. The first-order valence-electron chi connectivity index (χ1n) is 5.62. The van der Waals surface area contributed by atoms with Gasteiger partial charge in [0.05, 0.1) is 19.3 Å². The van der Waals surface area contributed by atoms with Crippen molar-refractivity contribution in [3.8, 4) is 0 Å². The number of hydrogen-bond donors (Lipinski definition) is 3. The van der Waals surface area contributed by atoms with Gasteiger partial charge in [0, 0.05) is 13.1 Å². The highest BCUT2D eigenvalue weighted by Crippen LogP contribution is 2.23. The largest absolute Gasteiger partial charge is 0.388 e. The maximum Gasteiger partial charge on any atom is 0.140 e. The number of nitrogens with zero attached hydrogens (tertiary/aromatic N) is 1. The predicted molar refractivity (Wildman–Crippen MR) is 54.7 cm³/mol. The summed E-state index contributed by atoms with van der Waals surface area (Å²) in [7, 11) is 0. The number of aliphatic hydroxyl groups excluding tert-OH is 3. The highest BCUT2D eigenvalue weighted by molar-refractivity contribution is 4.90. The first-order chi connectivity index (χ1) is 7.61. The molecule has 6 heteroatoms. The Morgan fingerprint density at radius 2 is 1.62 bits per heavy atom. The van der Waals surface area contributed by atoms with Crippen molar-refractivity contribution in [1.82, 2.24) is 4.90 Å². The lowest BCUT2D eigenvalue weighted by atomic mass is 9.98. The van der Waals surface area contributed by atoms with Crippen LogP contribution in [0.4, 0.5) is 0 Å². The van der Waals surface area contributed by atoms with E-state index in [1.165, 1.54) is 0 Å². The van der Waals surface area contributed by atoms with Crippen molar-refractivity contribution in [2.24, 2.45) is 0 Å². The van der Waals surface area contributed by atoms with Gasteiger partial charge in [0.1, 0.15) is 24.5 Å². The Morgan fingerprint density at radius 1 is 1.00 bits per heavy atom. The second kappa shape index (κ2) is 4.95. The van der Waals surface area contributed by atoms with E-state index in [0.717, 1.165) is 0 Å². The van der Waals surface area contributed by atoms with Crippen LogP contribution in [0.25, 0.3) is 0 Å². The summed E-state index contributed by atoms with van der Waals surface area (Å²) in [5.41, 5.74) is 0. The van der Waals surface area contributed by atoms with Crippen LogP contribution in [0.2, 0.25) is 0 Å². The smallest absolute Gasteiger partial charge is 0.140 e. The molecule has 0 saturated carbocycles. The summed E-state index contributed by atoms with van der Waals surface area (Å²) in [6.07, 6.45) is -4.31. The molecule has 3 N–H and O–H groups in total. The van der Waals surface area contributed by atoms with Crippen molar-refractivity contribution in [1.29, 1.82) is 0 Å². The van der Waals surface area contributed by atoms with Gasteiger partial charge < -0.3 is 24.8 Å². The van der Waals surface area contributed by atoms with Crippen molar-refractivity contribution in [2.45, 2.75) is 37.6 Å². The van der Waals surface area contributed by atoms with Crippen molar-refractivity contribution >= 4 is 0 Å². The van der Waals surface area contributed by atoms with Gasteiger partial charge in [-0.1, -0.05) is 0 Å². The van der Waals surface area contributed by atoms with Crippen LogP contribution in [0, 0.1) is 0 Å². The molecule has 94 valence electrons. The Balaban J connectivity index is 2.02. The zero-order chi connectivity index (χ0) is 11.7. The van der Waals surface area contributed by atoms with Crippen LogP contribution in [0.15, 0.2) is 0 Å². The fraction of sp³-hybridized carbons (Fsp3) is 1.00. The van der Waals surface area contributed by atoms with Gasteiger partial charge in [-0.05, 0) is 6.92 Å². The average molecular weight is 233 g/mol. The summed E-state index contributed by atoms with van der Waals surface area (Å²) in [6, 6.07) is 0. The average Bonchev–Trinajstić information content (AvgIpc) is 2.32.